The van der Waals surface area contributed by atoms with E-state index in [1.165, 1.54) is 37.8 Å². The second kappa shape index (κ2) is 6.15. The predicted octanol–water partition coefficient (Wildman–Crippen LogP) is 3.17. The Morgan fingerprint density at radius 1 is 1.35 bits per heavy atom. The van der Waals surface area contributed by atoms with E-state index in [0.717, 1.165) is 12.3 Å². The first-order chi connectivity index (χ1) is 8.29. The Morgan fingerprint density at radius 3 is 2.94 bits per heavy atom. The van der Waals surface area contributed by atoms with Gasteiger partial charge in [-0.1, -0.05) is 25.8 Å². The van der Waals surface area contributed by atoms with E-state index in [0.29, 0.717) is 12.0 Å². The molecular weight excluding hydrogens is 208 g/mol. The lowest BCUT2D eigenvalue weighted by atomic mass is 9.75. The van der Waals surface area contributed by atoms with E-state index in [4.69, 9.17) is 5.73 Å². The molecule has 1 aliphatic carbocycles. The molecule has 1 aromatic rings. The van der Waals surface area contributed by atoms with Gasteiger partial charge in [-0.2, -0.15) is 0 Å². The van der Waals surface area contributed by atoms with Gasteiger partial charge in [-0.05, 0) is 49.7 Å². The largest absolute Gasteiger partial charge is 0.327 e. The molecule has 0 aliphatic heterocycles. The van der Waals surface area contributed by atoms with Crippen LogP contribution in [0.4, 0.5) is 0 Å². The van der Waals surface area contributed by atoms with E-state index < -0.39 is 0 Å². The molecule has 1 fully saturated rings. The van der Waals surface area contributed by atoms with Crippen molar-refractivity contribution in [1.29, 1.82) is 0 Å². The third kappa shape index (κ3) is 3.53. The van der Waals surface area contributed by atoms with Crippen LogP contribution in [-0.2, 0) is 6.42 Å². The van der Waals surface area contributed by atoms with Crippen LogP contribution in [0.5, 0.6) is 0 Å². The summed E-state index contributed by atoms with van der Waals surface area (Å²) in [5.74, 6) is 1.53. The summed E-state index contributed by atoms with van der Waals surface area (Å²) < 4.78 is 0. The second-order valence-corrected chi connectivity index (χ2v) is 5.42. The summed E-state index contributed by atoms with van der Waals surface area (Å²) in [4.78, 5) is 4.42. The zero-order valence-corrected chi connectivity index (χ0v) is 10.8. The van der Waals surface area contributed by atoms with Crippen LogP contribution < -0.4 is 5.73 Å². The van der Waals surface area contributed by atoms with E-state index in [9.17, 15) is 0 Å². The molecular formula is C15H24N2. The van der Waals surface area contributed by atoms with E-state index in [1.54, 1.807) is 0 Å². The number of aromatic nitrogens is 1. The highest BCUT2D eigenvalue weighted by Gasteiger charge is 2.27. The molecule has 1 saturated carbocycles. The molecule has 1 heterocycles. The third-order valence-electron chi connectivity index (χ3n) is 4.04. The van der Waals surface area contributed by atoms with Crippen molar-refractivity contribution >= 4 is 0 Å². The molecule has 2 rings (SSSR count). The van der Waals surface area contributed by atoms with Crippen LogP contribution in [0.25, 0.3) is 0 Å². The highest BCUT2D eigenvalue weighted by atomic mass is 14.7. The van der Waals surface area contributed by atoms with Crippen LogP contribution in [0.2, 0.25) is 0 Å². The lowest BCUT2D eigenvalue weighted by Gasteiger charge is -2.34. The summed E-state index contributed by atoms with van der Waals surface area (Å²) in [5.41, 5.74) is 7.46. The molecule has 3 unspecified atom stereocenters. The monoisotopic (exact) mass is 232 g/mol. The van der Waals surface area contributed by atoms with Crippen molar-refractivity contribution in [3.05, 3.63) is 30.1 Å². The molecule has 0 radical (unpaired) electrons. The maximum Gasteiger partial charge on any atom is 0.0406 e. The molecule has 0 spiro atoms. The molecule has 0 amide bonds. The smallest absolute Gasteiger partial charge is 0.0406 e. The fourth-order valence-corrected chi connectivity index (χ4v) is 3.08. The van der Waals surface area contributed by atoms with Crippen molar-refractivity contribution in [3.8, 4) is 0 Å². The highest BCUT2D eigenvalue weighted by molar-refractivity contribution is 5.05. The summed E-state index contributed by atoms with van der Waals surface area (Å²) >= 11 is 0. The van der Waals surface area contributed by atoms with E-state index >= 15 is 0 Å². The average molecular weight is 232 g/mol. The van der Waals surface area contributed by atoms with Gasteiger partial charge < -0.3 is 5.73 Å². The Kier molecular flexibility index (Phi) is 4.55. The fourth-order valence-electron chi connectivity index (χ4n) is 3.08. The summed E-state index contributed by atoms with van der Waals surface area (Å²) in [6, 6.07) is 6.55. The van der Waals surface area contributed by atoms with Gasteiger partial charge in [-0.3, -0.25) is 4.98 Å². The Morgan fingerprint density at radius 2 is 2.24 bits per heavy atom. The van der Waals surface area contributed by atoms with Gasteiger partial charge in [0, 0.05) is 17.9 Å². The minimum absolute atomic E-state index is 0.380. The molecule has 1 aliphatic rings. The molecule has 2 nitrogen and oxygen atoms in total. The molecule has 0 saturated heterocycles. The molecule has 2 N–H and O–H groups in total. The van der Waals surface area contributed by atoms with Crippen molar-refractivity contribution in [3.63, 3.8) is 0 Å². The van der Waals surface area contributed by atoms with Gasteiger partial charge in [-0.15, -0.1) is 0 Å². The Bertz CT molecular complexity index is 323. The number of nitrogens with two attached hydrogens (primary N) is 1. The number of nitrogens with zero attached hydrogens (tertiary/aromatic N) is 1. The number of pyridine rings is 1. The normalized spacial score (nSPS) is 29.2. The van der Waals surface area contributed by atoms with Gasteiger partial charge in [0.05, 0.1) is 0 Å². The zero-order valence-electron chi connectivity index (χ0n) is 10.8. The molecule has 0 bridgehead atoms. The van der Waals surface area contributed by atoms with Crippen LogP contribution in [0.3, 0.4) is 0 Å². The summed E-state index contributed by atoms with van der Waals surface area (Å²) in [6.45, 7) is 2.28. The number of rotatable bonds is 4. The fraction of sp³-hybridized carbons (Fsp3) is 0.667. The first kappa shape index (κ1) is 12.6. The van der Waals surface area contributed by atoms with Crippen LogP contribution in [0, 0.1) is 11.8 Å². The molecule has 1 aromatic heterocycles. The topological polar surface area (TPSA) is 38.9 Å². The van der Waals surface area contributed by atoms with Crippen molar-refractivity contribution < 1.29 is 0 Å². The van der Waals surface area contributed by atoms with Gasteiger partial charge in [0.2, 0.25) is 0 Å². The number of hydrogen-bond acceptors (Lipinski definition) is 2. The van der Waals surface area contributed by atoms with Crippen molar-refractivity contribution in [2.45, 2.75) is 51.5 Å². The van der Waals surface area contributed by atoms with Gasteiger partial charge in [0.25, 0.3) is 0 Å². The lowest BCUT2D eigenvalue weighted by molar-refractivity contribution is 0.220. The Labute approximate surface area is 105 Å². The molecule has 94 valence electrons. The maximum atomic E-state index is 6.26. The van der Waals surface area contributed by atoms with Crippen LogP contribution in [-0.4, -0.2) is 11.0 Å². The van der Waals surface area contributed by atoms with Crippen LogP contribution in [0.15, 0.2) is 24.4 Å². The minimum atomic E-state index is 0.380. The van der Waals surface area contributed by atoms with Crippen molar-refractivity contribution in [2.24, 2.45) is 17.6 Å². The maximum absolute atomic E-state index is 6.26. The minimum Gasteiger partial charge on any atom is -0.327 e. The standard InChI is InChI=1S/C15H24N2/c1-2-5-12-7-8-15(16)13(10-12)11-14-6-3-4-9-17-14/h3-4,6,9,12-13,15H,2,5,7-8,10-11,16H2,1H3. The van der Waals surface area contributed by atoms with Crippen LogP contribution >= 0.6 is 0 Å². The Balaban J connectivity index is 1.94. The average Bonchev–Trinajstić information content (AvgIpc) is 2.35. The summed E-state index contributed by atoms with van der Waals surface area (Å²) in [5, 5.41) is 0. The molecule has 17 heavy (non-hydrogen) atoms. The van der Waals surface area contributed by atoms with E-state index in [2.05, 4.69) is 24.0 Å². The molecule has 0 aromatic carbocycles. The number of hydrogen-bond donors (Lipinski definition) is 1. The van der Waals surface area contributed by atoms with Gasteiger partial charge >= 0.3 is 0 Å². The molecule has 2 heteroatoms. The molecule has 3 atom stereocenters. The Hall–Kier alpha value is -0.890. The van der Waals surface area contributed by atoms with Gasteiger partial charge in [0.1, 0.15) is 0 Å². The van der Waals surface area contributed by atoms with Crippen molar-refractivity contribution in [1.82, 2.24) is 4.98 Å². The summed E-state index contributed by atoms with van der Waals surface area (Å²) in [6.07, 6.45) is 9.43. The zero-order chi connectivity index (χ0) is 12.1. The SMILES string of the molecule is CCCC1CCC(N)C(Cc2ccccn2)C1. The van der Waals surface area contributed by atoms with E-state index in [1.807, 2.05) is 12.3 Å². The second-order valence-electron chi connectivity index (χ2n) is 5.42. The van der Waals surface area contributed by atoms with Gasteiger partial charge in [-0.25, -0.2) is 0 Å². The van der Waals surface area contributed by atoms with E-state index in [-0.39, 0.29) is 0 Å². The third-order valence-corrected chi connectivity index (χ3v) is 4.04. The quantitative estimate of drug-likeness (QED) is 0.866. The van der Waals surface area contributed by atoms with Gasteiger partial charge in [0.15, 0.2) is 0 Å². The van der Waals surface area contributed by atoms with Crippen LogP contribution in [0.1, 0.15) is 44.7 Å². The first-order valence-corrected chi connectivity index (χ1v) is 6.95. The lowest BCUT2D eigenvalue weighted by Crippen LogP contribution is -2.37. The predicted molar refractivity (Wildman–Crippen MR) is 71.7 cm³/mol. The summed E-state index contributed by atoms with van der Waals surface area (Å²) in [7, 11) is 0. The highest BCUT2D eigenvalue weighted by Crippen LogP contribution is 2.32. The first-order valence-electron chi connectivity index (χ1n) is 6.95. The van der Waals surface area contributed by atoms with Crippen molar-refractivity contribution in [2.75, 3.05) is 0 Å².